The number of benzene rings is 2. The zero-order chi connectivity index (χ0) is 19.7. The molecule has 6 heteroatoms. The van der Waals surface area contributed by atoms with Crippen LogP contribution in [0.25, 0.3) is 10.4 Å². The topological polar surface area (TPSA) is 64.6 Å². The Hall–Kier alpha value is -3.12. The Labute approximate surface area is 166 Å². The van der Waals surface area contributed by atoms with Crippen LogP contribution in [0.2, 0.25) is 0 Å². The van der Waals surface area contributed by atoms with Gasteiger partial charge in [0.1, 0.15) is 17.2 Å². The highest BCUT2D eigenvalue weighted by molar-refractivity contribution is 7.17. The summed E-state index contributed by atoms with van der Waals surface area (Å²) in [5.41, 5.74) is 3.63. The second kappa shape index (κ2) is 7.48. The summed E-state index contributed by atoms with van der Waals surface area (Å²) in [4.78, 5) is 26.4. The minimum absolute atomic E-state index is 0.367. The van der Waals surface area contributed by atoms with Crippen molar-refractivity contribution in [3.63, 3.8) is 0 Å². The molecule has 1 aliphatic heterocycles. The number of carbonyl (C=O) groups is 2. The maximum absolute atomic E-state index is 12.6. The van der Waals surface area contributed by atoms with E-state index >= 15 is 0 Å². The lowest BCUT2D eigenvalue weighted by Gasteiger charge is -2.16. The molecular formula is C22H19NO4S. The maximum atomic E-state index is 12.6. The number of aryl methyl sites for hydroxylation is 1. The number of hydrogen-bond acceptors (Lipinski definition) is 5. The number of ether oxygens (including phenoxy) is 2. The molecule has 2 aromatic carbocycles. The first-order valence-corrected chi connectivity index (χ1v) is 9.76. The zero-order valence-corrected chi connectivity index (χ0v) is 16.3. The molecule has 0 saturated heterocycles. The molecule has 0 aliphatic carbocycles. The Balaban J connectivity index is 1.46. The van der Waals surface area contributed by atoms with Crippen LogP contribution in [0.4, 0.5) is 5.69 Å². The average molecular weight is 393 g/mol. The monoisotopic (exact) mass is 393 g/mol. The minimum Gasteiger partial charge on any atom is -0.488 e. The fraction of sp³-hybridized carbons (Fsp3) is 0.182. The van der Waals surface area contributed by atoms with E-state index in [0.717, 1.165) is 27.3 Å². The molecule has 5 nitrogen and oxygen atoms in total. The molecule has 1 amide bonds. The van der Waals surface area contributed by atoms with Crippen LogP contribution in [0.3, 0.4) is 0 Å². The van der Waals surface area contributed by atoms with Crippen LogP contribution < -0.4 is 10.1 Å². The molecule has 142 valence electrons. The van der Waals surface area contributed by atoms with E-state index in [2.05, 4.69) is 5.32 Å². The van der Waals surface area contributed by atoms with Crippen LogP contribution >= 0.6 is 11.3 Å². The van der Waals surface area contributed by atoms with Crippen molar-refractivity contribution in [3.8, 4) is 16.2 Å². The largest absolute Gasteiger partial charge is 0.488 e. The van der Waals surface area contributed by atoms with Crippen LogP contribution in [0, 0.1) is 6.92 Å². The quantitative estimate of drug-likeness (QED) is 0.647. The van der Waals surface area contributed by atoms with Crippen LogP contribution in [-0.4, -0.2) is 18.0 Å². The first-order valence-electron chi connectivity index (χ1n) is 8.94. The molecule has 0 saturated carbocycles. The van der Waals surface area contributed by atoms with Crippen molar-refractivity contribution in [3.05, 3.63) is 70.6 Å². The summed E-state index contributed by atoms with van der Waals surface area (Å²) in [5, 5.41) is 2.77. The number of nitrogens with one attached hydrogen (secondary N) is 1. The van der Waals surface area contributed by atoms with Gasteiger partial charge < -0.3 is 14.8 Å². The van der Waals surface area contributed by atoms with Gasteiger partial charge in [-0.15, -0.1) is 11.3 Å². The fourth-order valence-electron chi connectivity index (χ4n) is 3.04. The summed E-state index contributed by atoms with van der Waals surface area (Å²) < 4.78 is 11.1. The van der Waals surface area contributed by atoms with Gasteiger partial charge in [-0.05, 0) is 49.7 Å². The van der Waals surface area contributed by atoms with Crippen molar-refractivity contribution in [1.29, 1.82) is 0 Å². The third-order valence-electron chi connectivity index (χ3n) is 4.46. The van der Waals surface area contributed by atoms with Crippen LogP contribution in [0.5, 0.6) is 5.75 Å². The van der Waals surface area contributed by atoms with E-state index in [4.69, 9.17) is 9.47 Å². The lowest BCUT2D eigenvalue weighted by molar-refractivity contribution is -0.123. The first-order chi connectivity index (χ1) is 13.5. The molecule has 0 bridgehead atoms. The van der Waals surface area contributed by atoms with Gasteiger partial charge in [0, 0.05) is 21.7 Å². The van der Waals surface area contributed by atoms with E-state index in [1.807, 2.05) is 49.4 Å². The van der Waals surface area contributed by atoms with Gasteiger partial charge in [-0.25, -0.2) is 4.79 Å². The van der Waals surface area contributed by atoms with Gasteiger partial charge in [0.05, 0.1) is 0 Å². The summed E-state index contributed by atoms with van der Waals surface area (Å²) in [5.74, 6) is -0.0691. The third-order valence-corrected chi connectivity index (χ3v) is 5.65. The van der Waals surface area contributed by atoms with Crippen molar-refractivity contribution in [2.75, 3.05) is 5.32 Å². The summed E-state index contributed by atoms with van der Waals surface area (Å²) >= 11 is 1.36. The second-order valence-electron chi connectivity index (χ2n) is 6.66. The number of amides is 1. The van der Waals surface area contributed by atoms with Crippen molar-refractivity contribution in [2.45, 2.75) is 26.6 Å². The Kier molecular flexibility index (Phi) is 4.88. The molecule has 1 aromatic heterocycles. The highest BCUT2D eigenvalue weighted by Gasteiger charge is 2.25. The number of esters is 1. The number of thiophene rings is 1. The van der Waals surface area contributed by atoms with Crippen molar-refractivity contribution in [1.82, 2.24) is 0 Å². The Morgan fingerprint density at radius 1 is 1.14 bits per heavy atom. The molecule has 0 unspecified atom stereocenters. The predicted octanol–water partition coefficient (Wildman–Crippen LogP) is 4.80. The Bertz CT molecular complexity index is 1060. The lowest BCUT2D eigenvalue weighted by atomic mass is 10.1. The van der Waals surface area contributed by atoms with E-state index in [1.165, 1.54) is 11.3 Å². The number of rotatable bonds is 4. The zero-order valence-electron chi connectivity index (χ0n) is 15.5. The van der Waals surface area contributed by atoms with Gasteiger partial charge in [0.15, 0.2) is 6.10 Å². The highest BCUT2D eigenvalue weighted by Crippen LogP contribution is 2.42. The van der Waals surface area contributed by atoms with E-state index < -0.39 is 12.1 Å². The summed E-state index contributed by atoms with van der Waals surface area (Å²) in [6.45, 7) is 3.92. The Morgan fingerprint density at radius 2 is 1.96 bits per heavy atom. The van der Waals surface area contributed by atoms with E-state index in [-0.39, 0.29) is 5.91 Å². The second-order valence-corrected chi connectivity index (χ2v) is 7.71. The van der Waals surface area contributed by atoms with E-state index in [9.17, 15) is 9.59 Å². The van der Waals surface area contributed by atoms with Crippen LogP contribution in [0.1, 0.15) is 27.7 Å². The number of hydrogen-bond donors (Lipinski definition) is 1. The number of carbonyl (C=O) groups excluding carboxylic acids is 2. The third kappa shape index (κ3) is 3.64. The molecule has 1 aliphatic rings. The predicted molar refractivity (Wildman–Crippen MR) is 109 cm³/mol. The summed E-state index contributed by atoms with van der Waals surface area (Å²) in [6.07, 6.45) is -0.907. The number of fused-ring (bicyclic) bond motifs is 3. The smallest absolute Gasteiger partial charge is 0.349 e. The molecule has 0 fully saturated rings. The van der Waals surface area contributed by atoms with Gasteiger partial charge in [0.25, 0.3) is 5.91 Å². The van der Waals surface area contributed by atoms with Gasteiger partial charge in [0.2, 0.25) is 0 Å². The minimum atomic E-state index is -0.907. The van der Waals surface area contributed by atoms with Gasteiger partial charge in [-0.1, -0.05) is 24.3 Å². The highest BCUT2D eigenvalue weighted by atomic mass is 32.1. The first kappa shape index (κ1) is 18.3. The average Bonchev–Trinajstić information content (AvgIpc) is 3.13. The van der Waals surface area contributed by atoms with Crippen LogP contribution in [-0.2, 0) is 16.1 Å². The van der Waals surface area contributed by atoms with E-state index in [1.54, 1.807) is 19.1 Å². The van der Waals surface area contributed by atoms with Crippen molar-refractivity contribution >= 4 is 28.9 Å². The molecule has 1 N–H and O–H groups in total. The summed E-state index contributed by atoms with van der Waals surface area (Å²) in [6, 6.07) is 17.0. The van der Waals surface area contributed by atoms with Crippen molar-refractivity contribution in [2.24, 2.45) is 0 Å². The molecule has 4 rings (SSSR count). The van der Waals surface area contributed by atoms with Crippen molar-refractivity contribution < 1.29 is 19.1 Å². The van der Waals surface area contributed by atoms with Gasteiger partial charge >= 0.3 is 5.97 Å². The molecule has 28 heavy (non-hydrogen) atoms. The number of para-hydroxylation sites is 1. The normalized spacial score (nSPS) is 12.9. The maximum Gasteiger partial charge on any atom is 0.349 e. The molecule has 0 spiro atoms. The fourth-order valence-corrected chi connectivity index (χ4v) is 4.12. The standard InChI is InChI=1S/C22H19NO4S/c1-13-6-5-7-16(10-13)23-21(24)14(2)27-22(25)19-11-15-12-26-18-9-4-3-8-17(18)20(15)28-19/h3-11,14H,12H2,1-2H3,(H,23,24)/t14-/m1/s1. The molecule has 2 heterocycles. The summed E-state index contributed by atoms with van der Waals surface area (Å²) in [7, 11) is 0. The molecular weight excluding hydrogens is 374 g/mol. The SMILES string of the molecule is Cc1cccc(NC(=O)[C@@H](C)OC(=O)c2cc3c(s2)-c2ccccc2OC3)c1. The van der Waals surface area contributed by atoms with Crippen LogP contribution in [0.15, 0.2) is 54.6 Å². The van der Waals surface area contributed by atoms with E-state index in [0.29, 0.717) is 17.2 Å². The Morgan fingerprint density at radius 3 is 2.79 bits per heavy atom. The molecule has 0 radical (unpaired) electrons. The van der Waals surface area contributed by atoms with Gasteiger partial charge in [-0.3, -0.25) is 4.79 Å². The number of anilines is 1. The van der Waals surface area contributed by atoms with Gasteiger partial charge in [-0.2, -0.15) is 0 Å². The lowest BCUT2D eigenvalue weighted by Crippen LogP contribution is -2.29. The molecule has 1 atom stereocenters. The molecule has 3 aromatic rings.